The van der Waals surface area contributed by atoms with Crippen molar-refractivity contribution in [3.8, 4) is 6.07 Å². The Morgan fingerprint density at radius 3 is 2.64 bits per heavy atom. The van der Waals surface area contributed by atoms with E-state index in [1.54, 1.807) is 0 Å². The molecule has 2 nitrogen and oxygen atoms in total. The number of aliphatic hydroxyl groups is 1. The molecule has 0 spiro atoms. The van der Waals surface area contributed by atoms with Crippen LogP contribution in [0.25, 0.3) is 0 Å². The molecule has 2 atom stereocenters. The molecule has 0 amide bonds. The van der Waals surface area contributed by atoms with Gasteiger partial charge in [0.1, 0.15) is 0 Å². The topological polar surface area (TPSA) is 44.0 Å². The zero-order valence-electron chi connectivity index (χ0n) is 7.17. The SMILES string of the molecule is CC(C)[C@@]1(C#N)C[C@H]1CCO. The Labute approximate surface area is 67.8 Å². The molecule has 0 aromatic carbocycles. The molecule has 0 aliphatic heterocycles. The zero-order valence-corrected chi connectivity index (χ0v) is 7.17. The first-order valence-corrected chi connectivity index (χ1v) is 4.19. The molecule has 11 heavy (non-hydrogen) atoms. The summed E-state index contributed by atoms with van der Waals surface area (Å²) < 4.78 is 0. The van der Waals surface area contributed by atoms with Gasteiger partial charge in [0.2, 0.25) is 0 Å². The minimum absolute atomic E-state index is 0.0945. The van der Waals surface area contributed by atoms with Crippen molar-refractivity contribution in [3.63, 3.8) is 0 Å². The van der Waals surface area contributed by atoms with Gasteiger partial charge in [0.05, 0.1) is 11.5 Å². The van der Waals surface area contributed by atoms with E-state index in [0.717, 1.165) is 12.8 Å². The molecule has 2 heteroatoms. The van der Waals surface area contributed by atoms with Crippen molar-refractivity contribution < 1.29 is 5.11 Å². The third kappa shape index (κ3) is 1.25. The average Bonchev–Trinajstić information content (AvgIpc) is 2.65. The van der Waals surface area contributed by atoms with E-state index >= 15 is 0 Å². The Bertz CT molecular complexity index is 182. The predicted molar refractivity (Wildman–Crippen MR) is 42.7 cm³/mol. The van der Waals surface area contributed by atoms with Gasteiger partial charge < -0.3 is 5.11 Å². The molecular formula is C9H15NO. The van der Waals surface area contributed by atoms with Gasteiger partial charge >= 0.3 is 0 Å². The van der Waals surface area contributed by atoms with E-state index in [0.29, 0.717) is 11.8 Å². The number of nitriles is 1. The van der Waals surface area contributed by atoms with Crippen LogP contribution in [0.1, 0.15) is 26.7 Å². The predicted octanol–water partition coefficient (Wildman–Crippen LogP) is 1.55. The van der Waals surface area contributed by atoms with Gasteiger partial charge in [-0.1, -0.05) is 13.8 Å². The normalized spacial score (nSPS) is 35.4. The fraction of sp³-hybridized carbons (Fsp3) is 0.889. The standard InChI is InChI=1S/C9H15NO/c1-7(2)9(6-10)5-8(9)3-4-11/h7-8,11H,3-5H2,1-2H3/t8-,9+/m1/s1. The second kappa shape index (κ2) is 2.83. The quantitative estimate of drug-likeness (QED) is 0.668. The van der Waals surface area contributed by atoms with E-state index in [9.17, 15) is 0 Å². The number of aliphatic hydroxyl groups excluding tert-OH is 1. The van der Waals surface area contributed by atoms with Crippen LogP contribution in [0.15, 0.2) is 0 Å². The van der Waals surface area contributed by atoms with Crippen molar-refractivity contribution >= 4 is 0 Å². The summed E-state index contributed by atoms with van der Waals surface area (Å²) in [6.45, 7) is 4.39. The van der Waals surface area contributed by atoms with Gasteiger partial charge in [-0.05, 0) is 24.7 Å². The minimum Gasteiger partial charge on any atom is -0.396 e. The number of rotatable bonds is 3. The molecule has 1 rings (SSSR count). The molecule has 1 N–H and O–H groups in total. The van der Waals surface area contributed by atoms with Gasteiger partial charge in [-0.25, -0.2) is 0 Å². The second-order valence-electron chi connectivity index (χ2n) is 3.72. The summed E-state index contributed by atoms with van der Waals surface area (Å²) in [5, 5.41) is 17.6. The largest absolute Gasteiger partial charge is 0.396 e. The highest BCUT2D eigenvalue weighted by molar-refractivity contribution is 5.17. The first-order valence-electron chi connectivity index (χ1n) is 4.19. The van der Waals surface area contributed by atoms with E-state index in [1.807, 2.05) is 0 Å². The Kier molecular flexibility index (Phi) is 2.20. The molecule has 0 aromatic heterocycles. The van der Waals surface area contributed by atoms with Gasteiger partial charge in [0.25, 0.3) is 0 Å². The molecule has 0 bridgehead atoms. The van der Waals surface area contributed by atoms with E-state index in [-0.39, 0.29) is 12.0 Å². The summed E-state index contributed by atoms with van der Waals surface area (Å²) in [5.74, 6) is 0.890. The summed E-state index contributed by atoms with van der Waals surface area (Å²) in [7, 11) is 0. The van der Waals surface area contributed by atoms with Crippen LogP contribution < -0.4 is 0 Å². The third-order valence-corrected chi connectivity index (χ3v) is 2.87. The van der Waals surface area contributed by atoms with Gasteiger partial charge in [0.15, 0.2) is 0 Å². The monoisotopic (exact) mass is 153 g/mol. The maximum Gasteiger partial charge on any atom is 0.0695 e. The van der Waals surface area contributed by atoms with E-state index in [4.69, 9.17) is 10.4 Å². The smallest absolute Gasteiger partial charge is 0.0695 e. The van der Waals surface area contributed by atoms with E-state index < -0.39 is 0 Å². The maximum absolute atomic E-state index is 8.89. The number of hydrogen-bond donors (Lipinski definition) is 1. The fourth-order valence-corrected chi connectivity index (χ4v) is 1.84. The van der Waals surface area contributed by atoms with Gasteiger partial charge in [0, 0.05) is 6.61 Å². The lowest BCUT2D eigenvalue weighted by molar-refractivity contribution is 0.266. The first-order chi connectivity index (χ1) is 5.17. The molecule has 1 fully saturated rings. The highest BCUT2D eigenvalue weighted by Gasteiger charge is 2.56. The van der Waals surface area contributed by atoms with Crippen molar-refractivity contribution in [2.75, 3.05) is 6.61 Å². The summed E-state index contributed by atoms with van der Waals surface area (Å²) in [4.78, 5) is 0. The van der Waals surface area contributed by atoms with E-state index in [2.05, 4.69) is 19.9 Å². The summed E-state index contributed by atoms with van der Waals surface area (Å²) in [6, 6.07) is 2.38. The Balaban J connectivity index is 2.52. The van der Waals surface area contributed by atoms with Crippen LogP contribution in [0.2, 0.25) is 0 Å². The molecule has 0 heterocycles. The van der Waals surface area contributed by atoms with Crippen LogP contribution in [-0.2, 0) is 0 Å². The average molecular weight is 153 g/mol. The summed E-state index contributed by atoms with van der Waals surface area (Å²) in [6.07, 6.45) is 1.79. The Morgan fingerprint density at radius 2 is 2.36 bits per heavy atom. The fourth-order valence-electron chi connectivity index (χ4n) is 1.84. The lowest BCUT2D eigenvalue weighted by atomic mass is 9.91. The van der Waals surface area contributed by atoms with Crippen LogP contribution in [-0.4, -0.2) is 11.7 Å². The summed E-state index contributed by atoms with van der Waals surface area (Å²) in [5.41, 5.74) is -0.0945. The third-order valence-electron chi connectivity index (χ3n) is 2.87. The molecule has 0 radical (unpaired) electrons. The van der Waals surface area contributed by atoms with Crippen LogP contribution in [0.3, 0.4) is 0 Å². The molecule has 0 saturated heterocycles. The van der Waals surface area contributed by atoms with Crippen molar-refractivity contribution in [2.24, 2.45) is 17.3 Å². The van der Waals surface area contributed by atoms with E-state index in [1.165, 1.54) is 0 Å². The van der Waals surface area contributed by atoms with Gasteiger partial charge in [-0.15, -0.1) is 0 Å². The Hall–Kier alpha value is -0.550. The lowest BCUT2D eigenvalue weighted by Gasteiger charge is -2.11. The van der Waals surface area contributed by atoms with Crippen molar-refractivity contribution in [3.05, 3.63) is 0 Å². The van der Waals surface area contributed by atoms with Gasteiger partial charge in [-0.2, -0.15) is 5.26 Å². The molecule has 0 unspecified atom stereocenters. The summed E-state index contributed by atoms with van der Waals surface area (Å²) >= 11 is 0. The first kappa shape index (κ1) is 8.55. The maximum atomic E-state index is 8.89. The molecule has 62 valence electrons. The number of nitrogens with zero attached hydrogens (tertiary/aromatic N) is 1. The second-order valence-corrected chi connectivity index (χ2v) is 3.72. The molecule has 1 saturated carbocycles. The van der Waals surface area contributed by atoms with Crippen molar-refractivity contribution in [1.29, 1.82) is 5.26 Å². The van der Waals surface area contributed by atoms with Crippen molar-refractivity contribution in [2.45, 2.75) is 26.7 Å². The molecule has 1 aliphatic rings. The zero-order chi connectivity index (χ0) is 8.48. The highest BCUT2D eigenvalue weighted by Crippen LogP contribution is 2.58. The number of hydrogen-bond acceptors (Lipinski definition) is 2. The Morgan fingerprint density at radius 1 is 1.73 bits per heavy atom. The minimum atomic E-state index is -0.0945. The van der Waals surface area contributed by atoms with Crippen LogP contribution >= 0.6 is 0 Å². The van der Waals surface area contributed by atoms with Crippen LogP contribution in [0.4, 0.5) is 0 Å². The highest BCUT2D eigenvalue weighted by atomic mass is 16.3. The molecule has 1 aliphatic carbocycles. The van der Waals surface area contributed by atoms with Crippen molar-refractivity contribution in [1.82, 2.24) is 0 Å². The lowest BCUT2D eigenvalue weighted by Crippen LogP contribution is -2.10. The van der Waals surface area contributed by atoms with Gasteiger partial charge in [-0.3, -0.25) is 0 Å². The molecular weight excluding hydrogens is 138 g/mol. The van der Waals surface area contributed by atoms with Crippen LogP contribution in [0, 0.1) is 28.6 Å². The molecule has 0 aromatic rings. The van der Waals surface area contributed by atoms with Crippen LogP contribution in [0.5, 0.6) is 0 Å².